The lowest BCUT2D eigenvalue weighted by atomic mass is 9.70. The molecule has 1 aromatic carbocycles. The number of aliphatic hydroxyl groups is 1. The zero-order valence-electron chi connectivity index (χ0n) is 16.6. The highest BCUT2D eigenvalue weighted by Crippen LogP contribution is 2.41. The lowest BCUT2D eigenvalue weighted by molar-refractivity contribution is -0.118. The van der Waals surface area contributed by atoms with E-state index in [-0.39, 0.29) is 28.3 Å². The zero-order chi connectivity index (χ0) is 20.0. The minimum Gasteiger partial charge on any atom is -0.511 e. The third-order valence-electron chi connectivity index (χ3n) is 5.47. The van der Waals surface area contributed by atoms with Crippen molar-refractivity contribution in [3.8, 4) is 0 Å². The summed E-state index contributed by atoms with van der Waals surface area (Å²) >= 11 is 0. The van der Waals surface area contributed by atoms with Crippen LogP contribution >= 0.6 is 0 Å². The zero-order valence-corrected chi connectivity index (χ0v) is 16.6. The second-order valence-corrected chi connectivity index (χ2v) is 7.11. The number of allylic oxidation sites excluding steroid dienone is 2. The Morgan fingerprint density at radius 1 is 1.22 bits per heavy atom. The molecular weight excluding hydrogens is 342 g/mol. The summed E-state index contributed by atoms with van der Waals surface area (Å²) in [5, 5.41) is 10.4. The summed E-state index contributed by atoms with van der Waals surface area (Å²) in [5.74, 6) is -0.0229. The highest BCUT2D eigenvalue weighted by molar-refractivity contribution is 6.15. The Kier molecular flexibility index (Phi) is 7.08. The molecule has 5 heteroatoms. The maximum absolute atomic E-state index is 12.5. The molecule has 1 aromatic rings. The van der Waals surface area contributed by atoms with Gasteiger partial charge in [-0.25, -0.2) is 0 Å². The number of ketones is 2. The molecule has 0 saturated heterocycles. The normalized spacial score (nSPS) is 18.1. The van der Waals surface area contributed by atoms with Gasteiger partial charge in [0, 0.05) is 31.2 Å². The molecule has 0 heterocycles. The van der Waals surface area contributed by atoms with Crippen LogP contribution in [0.3, 0.4) is 0 Å². The fourth-order valence-corrected chi connectivity index (χ4v) is 3.42. The second-order valence-electron chi connectivity index (χ2n) is 7.11. The SMILES string of the molecule is CCOC(C)C(=O)c1ccc(N=CC2=C(O)CC(CC)(CC)CC2=O)cc1. The Balaban J connectivity index is 2.14. The van der Waals surface area contributed by atoms with Gasteiger partial charge in [0.2, 0.25) is 0 Å². The maximum atomic E-state index is 12.5. The van der Waals surface area contributed by atoms with Crippen LogP contribution in [-0.4, -0.2) is 35.6 Å². The third kappa shape index (κ3) is 4.92. The van der Waals surface area contributed by atoms with E-state index in [9.17, 15) is 14.7 Å². The molecule has 2 rings (SSSR count). The Morgan fingerprint density at radius 2 is 1.85 bits per heavy atom. The maximum Gasteiger partial charge on any atom is 0.191 e. The smallest absolute Gasteiger partial charge is 0.191 e. The molecule has 5 nitrogen and oxygen atoms in total. The summed E-state index contributed by atoms with van der Waals surface area (Å²) in [5.41, 5.74) is 1.32. The van der Waals surface area contributed by atoms with E-state index in [1.165, 1.54) is 6.21 Å². The van der Waals surface area contributed by atoms with Gasteiger partial charge in [0.15, 0.2) is 11.6 Å². The first kappa shape index (κ1) is 21.0. The van der Waals surface area contributed by atoms with Gasteiger partial charge in [0.25, 0.3) is 0 Å². The van der Waals surface area contributed by atoms with Crippen molar-refractivity contribution in [3.05, 3.63) is 41.2 Å². The molecular formula is C22H29NO4. The average Bonchev–Trinajstić information content (AvgIpc) is 2.67. The van der Waals surface area contributed by atoms with Gasteiger partial charge < -0.3 is 9.84 Å². The Bertz CT molecular complexity index is 742. The van der Waals surface area contributed by atoms with Crippen molar-refractivity contribution in [1.82, 2.24) is 0 Å². The predicted molar refractivity (Wildman–Crippen MR) is 107 cm³/mol. The number of Topliss-reactive ketones (excluding diaryl/α,β-unsaturated/α-hetero) is 2. The molecule has 1 aliphatic carbocycles. The highest BCUT2D eigenvalue weighted by Gasteiger charge is 2.36. The number of benzene rings is 1. The molecule has 0 aliphatic heterocycles. The van der Waals surface area contributed by atoms with Gasteiger partial charge in [-0.1, -0.05) is 13.8 Å². The van der Waals surface area contributed by atoms with Crippen molar-refractivity contribution in [2.24, 2.45) is 10.4 Å². The molecule has 0 amide bonds. The standard InChI is InChI=1S/C22H29NO4/c1-5-22(6-2)12-19(24)18(20(25)13-22)14-23-17-10-8-16(9-11-17)21(26)15(4)27-7-3/h8-11,14-15,24H,5-7,12-13H2,1-4H3. The number of nitrogens with zero attached hydrogens (tertiary/aromatic N) is 1. The number of aliphatic hydroxyl groups excluding tert-OH is 1. The van der Waals surface area contributed by atoms with E-state index < -0.39 is 6.10 Å². The van der Waals surface area contributed by atoms with E-state index in [0.29, 0.717) is 30.7 Å². The number of aliphatic imine (C=N–C) groups is 1. The monoisotopic (exact) mass is 371 g/mol. The number of hydrogen-bond acceptors (Lipinski definition) is 5. The van der Waals surface area contributed by atoms with Gasteiger partial charge in [0.1, 0.15) is 11.9 Å². The summed E-state index contributed by atoms with van der Waals surface area (Å²) in [6.07, 6.45) is 3.62. The van der Waals surface area contributed by atoms with Crippen LogP contribution in [0.2, 0.25) is 0 Å². The largest absolute Gasteiger partial charge is 0.511 e. The van der Waals surface area contributed by atoms with E-state index in [4.69, 9.17) is 4.74 Å². The molecule has 0 aromatic heterocycles. The van der Waals surface area contributed by atoms with Gasteiger partial charge >= 0.3 is 0 Å². The average molecular weight is 371 g/mol. The minimum atomic E-state index is -0.483. The molecule has 1 aliphatic rings. The van der Waals surface area contributed by atoms with E-state index in [1.807, 2.05) is 6.92 Å². The van der Waals surface area contributed by atoms with Gasteiger partial charge in [0.05, 0.1) is 11.3 Å². The first-order chi connectivity index (χ1) is 12.9. The van der Waals surface area contributed by atoms with Crippen LogP contribution in [0.25, 0.3) is 0 Å². The summed E-state index contributed by atoms with van der Waals surface area (Å²) in [4.78, 5) is 29.0. The molecule has 27 heavy (non-hydrogen) atoms. The van der Waals surface area contributed by atoms with E-state index in [0.717, 1.165) is 12.8 Å². The molecule has 1 N–H and O–H groups in total. The van der Waals surface area contributed by atoms with Crippen LogP contribution in [0.1, 0.15) is 63.7 Å². The quantitative estimate of drug-likeness (QED) is 0.516. The van der Waals surface area contributed by atoms with Crippen molar-refractivity contribution in [2.75, 3.05) is 6.61 Å². The van der Waals surface area contributed by atoms with Gasteiger partial charge in [-0.2, -0.15) is 0 Å². The lowest BCUT2D eigenvalue weighted by Gasteiger charge is -2.34. The fraction of sp³-hybridized carbons (Fsp3) is 0.500. The molecule has 0 radical (unpaired) electrons. The fourth-order valence-electron chi connectivity index (χ4n) is 3.42. The molecule has 1 unspecified atom stereocenters. The van der Waals surface area contributed by atoms with Gasteiger partial charge in [-0.3, -0.25) is 14.6 Å². The molecule has 146 valence electrons. The highest BCUT2D eigenvalue weighted by atomic mass is 16.5. The summed E-state index contributed by atoms with van der Waals surface area (Å²) < 4.78 is 5.32. The lowest BCUT2D eigenvalue weighted by Crippen LogP contribution is -2.30. The van der Waals surface area contributed by atoms with Crippen LogP contribution in [0.4, 0.5) is 5.69 Å². The van der Waals surface area contributed by atoms with Crippen LogP contribution in [0.15, 0.2) is 40.6 Å². The summed E-state index contributed by atoms with van der Waals surface area (Å²) in [6.45, 7) is 8.17. The summed E-state index contributed by atoms with van der Waals surface area (Å²) in [6, 6.07) is 6.83. The number of ether oxygens (including phenoxy) is 1. The number of rotatable bonds is 8. The van der Waals surface area contributed by atoms with Gasteiger partial charge in [-0.05, 0) is 56.4 Å². The number of carbonyl (C=O) groups excluding carboxylic acids is 2. The number of carbonyl (C=O) groups is 2. The third-order valence-corrected chi connectivity index (χ3v) is 5.47. The van der Waals surface area contributed by atoms with Crippen molar-refractivity contribution in [2.45, 2.75) is 59.5 Å². The molecule has 0 fully saturated rings. The predicted octanol–water partition coefficient (Wildman–Crippen LogP) is 4.98. The van der Waals surface area contributed by atoms with Crippen molar-refractivity contribution in [1.29, 1.82) is 0 Å². The van der Waals surface area contributed by atoms with Crippen LogP contribution < -0.4 is 0 Å². The van der Waals surface area contributed by atoms with E-state index in [1.54, 1.807) is 31.2 Å². The van der Waals surface area contributed by atoms with Gasteiger partial charge in [-0.15, -0.1) is 0 Å². The minimum absolute atomic E-state index is 0.0662. The van der Waals surface area contributed by atoms with E-state index >= 15 is 0 Å². The van der Waals surface area contributed by atoms with Crippen molar-refractivity contribution >= 4 is 23.5 Å². The Hall–Kier alpha value is -2.27. The Morgan fingerprint density at radius 3 is 2.37 bits per heavy atom. The number of hydrogen-bond donors (Lipinski definition) is 1. The van der Waals surface area contributed by atoms with E-state index in [2.05, 4.69) is 18.8 Å². The molecule has 0 bridgehead atoms. The van der Waals surface area contributed by atoms with Crippen molar-refractivity contribution in [3.63, 3.8) is 0 Å². The van der Waals surface area contributed by atoms with Crippen LogP contribution in [0.5, 0.6) is 0 Å². The van der Waals surface area contributed by atoms with Crippen LogP contribution in [0, 0.1) is 5.41 Å². The Labute approximate surface area is 161 Å². The molecule has 0 spiro atoms. The molecule has 0 saturated carbocycles. The molecule has 1 atom stereocenters. The topological polar surface area (TPSA) is 76.0 Å². The summed E-state index contributed by atoms with van der Waals surface area (Å²) in [7, 11) is 0. The second kappa shape index (κ2) is 9.09. The van der Waals surface area contributed by atoms with Crippen LogP contribution in [-0.2, 0) is 9.53 Å². The first-order valence-electron chi connectivity index (χ1n) is 9.61. The first-order valence-corrected chi connectivity index (χ1v) is 9.61. The van der Waals surface area contributed by atoms with Crippen molar-refractivity contribution < 1.29 is 19.4 Å².